The van der Waals surface area contributed by atoms with Gasteiger partial charge in [0.05, 0.1) is 12.7 Å². The van der Waals surface area contributed by atoms with Gasteiger partial charge >= 0.3 is 6.09 Å². The second-order valence-electron chi connectivity index (χ2n) is 4.54. The molecule has 1 aromatic carbocycles. The lowest BCUT2D eigenvalue weighted by Gasteiger charge is -2.34. The van der Waals surface area contributed by atoms with Crippen molar-refractivity contribution >= 4 is 17.7 Å². The van der Waals surface area contributed by atoms with Crippen LogP contribution in [0.2, 0.25) is 0 Å². The third kappa shape index (κ3) is 2.84. The van der Waals surface area contributed by atoms with Crippen LogP contribution in [-0.2, 0) is 4.74 Å². The Morgan fingerprint density at radius 1 is 1.10 bits per heavy atom. The minimum atomic E-state index is -0.340. The van der Waals surface area contributed by atoms with Crippen molar-refractivity contribution < 1.29 is 14.3 Å². The molecule has 0 aliphatic carbocycles. The summed E-state index contributed by atoms with van der Waals surface area (Å²) in [4.78, 5) is 27.2. The van der Waals surface area contributed by atoms with E-state index in [0.717, 1.165) is 5.69 Å². The molecular weight excluding hydrogens is 258 g/mol. The lowest BCUT2D eigenvalue weighted by molar-refractivity contribution is 0.0600. The van der Waals surface area contributed by atoms with Crippen molar-refractivity contribution in [2.24, 2.45) is 0 Å². The van der Waals surface area contributed by atoms with E-state index in [-0.39, 0.29) is 12.0 Å². The maximum Gasteiger partial charge on any atom is 0.409 e. The van der Waals surface area contributed by atoms with Crippen molar-refractivity contribution in [2.45, 2.75) is 0 Å². The first-order valence-corrected chi connectivity index (χ1v) is 6.56. The van der Waals surface area contributed by atoms with Crippen LogP contribution in [0, 0.1) is 0 Å². The number of carbonyl (C=O) groups is 2. The molecule has 6 nitrogen and oxygen atoms in total. The fraction of sp³-hybridized carbons (Fsp3) is 0.429. The Morgan fingerprint density at radius 2 is 1.70 bits per heavy atom. The molecule has 1 heterocycles. The zero-order chi connectivity index (χ0) is 14.5. The van der Waals surface area contributed by atoms with Gasteiger partial charge in [-0.15, -0.1) is 0 Å². The van der Waals surface area contributed by atoms with Crippen molar-refractivity contribution in [3.8, 4) is 0 Å². The molecule has 0 unspecified atom stereocenters. The highest BCUT2D eigenvalue weighted by Gasteiger charge is 2.26. The zero-order valence-electron chi connectivity index (χ0n) is 11.8. The molecule has 0 atom stereocenters. The number of carbonyl (C=O) groups excluding carboxylic acids is 2. The Balaban J connectivity index is 2.03. The highest BCUT2D eigenvalue weighted by Crippen LogP contribution is 2.17. The molecule has 1 aliphatic heterocycles. The molecule has 1 fully saturated rings. The van der Waals surface area contributed by atoms with Gasteiger partial charge in [0, 0.05) is 38.9 Å². The van der Waals surface area contributed by atoms with Crippen molar-refractivity contribution in [3.63, 3.8) is 0 Å². The van der Waals surface area contributed by atoms with E-state index >= 15 is 0 Å². The largest absolute Gasteiger partial charge is 0.453 e. The number of para-hydroxylation sites is 1. The van der Waals surface area contributed by atoms with Crippen LogP contribution >= 0.6 is 0 Å². The van der Waals surface area contributed by atoms with Crippen molar-refractivity contribution in [1.29, 1.82) is 0 Å². The van der Waals surface area contributed by atoms with E-state index in [0.29, 0.717) is 31.7 Å². The van der Waals surface area contributed by atoms with Crippen LogP contribution in [0.1, 0.15) is 10.4 Å². The highest BCUT2D eigenvalue weighted by molar-refractivity contribution is 5.99. The average Bonchev–Trinajstić information content (AvgIpc) is 2.53. The summed E-state index contributed by atoms with van der Waals surface area (Å²) in [6, 6.07) is 7.41. The third-order valence-electron chi connectivity index (χ3n) is 3.43. The van der Waals surface area contributed by atoms with Gasteiger partial charge in [-0.05, 0) is 12.1 Å². The quantitative estimate of drug-likeness (QED) is 0.884. The number of nitrogens with one attached hydrogen (secondary N) is 1. The summed E-state index contributed by atoms with van der Waals surface area (Å²) >= 11 is 0. The molecule has 108 valence electrons. The van der Waals surface area contributed by atoms with Crippen LogP contribution in [0.5, 0.6) is 0 Å². The van der Waals surface area contributed by atoms with Gasteiger partial charge in [-0.3, -0.25) is 4.79 Å². The number of anilines is 1. The van der Waals surface area contributed by atoms with Crippen LogP contribution in [0.3, 0.4) is 0 Å². The first kappa shape index (κ1) is 14.2. The summed E-state index contributed by atoms with van der Waals surface area (Å²) in [5, 5.41) is 3.02. The first-order chi connectivity index (χ1) is 9.67. The first-order valence-electron chi connectivity index (χ1n) is 6.56. The van der Waals surface area contributed by atoms with Crippen LogP contribution in [0.25, 0.3) is 0 Å². The van der Waals surface area contributed by atoms with E-state index in [4.69, 9.17) is 0 Å². The molecule has 2 amide bonds. The Hall–Kier alpha value is -2.24. The Morgan fingerprint density at radius 3 is 2.30 bits per heavy atom. The standard InChI is InChI=1S/C14H19N3O3/c1-15-12-6-4-3-5-11(12)13(18)16-7-9-17(10-8-16)14(19)20-2/h3-6,15H,7-10H2,1-2H3. The number of nitrogens with zero attached hydrogens (tertiary/aromatic N) is 2. The summed E-state index contributed by atoms with van der Waals surface area (Å²) < 4.78 is 4.68. The summed E-state index contributed by atoms with van der Waals surface area (Å²) in [5.41, 5.74) is 1.47. The van der Waals surface area contributed by atoms with E-state index in [1.54, 1.807) is 22.9 Å². The lowest BCUT2D eigenvalue weighted by atomic mass is 10.1. The number of ether oxygens (including phenoxy) is 1. The van der Waals surface area contributed by atoms with Gasteiger partial charge in [0.15, 0.2) is 0 Å². The maximum absolute atomic E-state index is 12.5. The van der Waals surface area contributed by atoms with Crippen LogP contribution in [0.4, 0.5) is 10.5 Å². The molecule has 20 heavy (non-hydrogen) atoms. The molecule has 0 radical (unpaired) electrons. The molecule has 1 N–H and O–H groups in total. The zero-order valence-corrected chi connectivity index (χ0v) is 11.8. The van der Waals surface area contributed by atoms with E-state index in [9.17, 15) is 9.59 Å². The van der Waals surface area contributed by atoms with Gasteiger partial charge in [0.1, 0.15) is 0 Å². The second kappa shape index (κ2) is 6.27. The van der Waals surface area contributed by atoms with Gasteiger partial charge in [-0.25, -0.2) is 4.79 Å². The Labute approximate surface area is 118 Å². The molecule has 1 saturated heterocycles. The predicted octanol–water partition coefficient (Wildman–Crippen LogP) is 1.25. The Bertz CT molecular complexity index is 496. The van der Waals surface area contributed by atoms with E-state index in [2.05, 4.69) is 10.1 Å². The van der Waals surface area contributed by atoms with Gasteiger partial charge in [-0.2, -0.15) is 0 Å². The molecule has 1 aliphatic rings. The molecule has 2 rings (SSSR count). The Kier molecular flexibility index (Phi) is 4.45. The SMILES string of the molecule is CNc1ccccc1C(=O)N1CCN(C(=O)OC)CC1. The van der Waals surface area contributed by atoms with E-state index in [1.165, 1.54) is 7.11 Å². The molecule has 0 bridgehead atoms. The average molecular weight is 277 g/mol. The van der Waals surface area contributed by atoms with Crippen LogP contribution in [0.15, 0.2) is 24.3 Å². The fourth-order valence-corrected chi connectivity index (χ4v) is 2.28. The number of amides is 2. The van der Waals surface area contributed by atoms with Crippen molar-refractivity contribution in [3.05, 3.63) is 29.8 Å². The number of benzene rings is 1. The summed E-state index contributed by atoms with van der Waals surface area (Å²) in [7, 11) is 3.16. The number of methoxy groups -OCH3 is 1. The summed E-state index contributed by atoms with van der Waals surface area (Å²) in [6.45, 7) is 2.04. The molecule has 6 heteroatoms. The molecule has 0 spiro atoms. The van der Waals surface area contributed by atoms with Gasteiger partial charge in [-0.1, -0.05) is 12.1 Å². The minimum absolute atomic E-state index is 0.0144. The number of piperazine rings is 1. The normalized spacial score (nSPS) is 14.9. The van der Waals surface area contributed by atoms with E-state index < -0.39 is 0 Å². The smallest absolute Gasteiger partial charge is 0.409 e. The highest BCUT2D eigenvalue weighted by atomic mass is 16.5. The van der Waals surface area contributed by atoms with Crippen molar-refractivity contribution in [2.75, 3.05) is 45.7 Å². The van der Waals surface area contributed by atoms with Gasteiger partial charge in [0.2, 0.25) is 0 Å². The number of rotatable bonds is 2. The molecular formula is C14H19N3O3. The topological polar surface area (TPSA) is 61.9 Å². The summed E-state index contributed by atoms with van der Waals surface area (Å²) in [5.74, 6) is -0.0144. The fourth-order valence-electron chi connectivity index (χ4n) is 2.28. The third-order valence-corrected chi connectivity index (χ3v) is 3.43. The van der Waals surface area contributed by atoms with Crippen LogP contribution in [-0.4, -0.2) is 62.1 Å². The number of hydrogen-bond acceptors (Lipinski definition) is 4. The van der Waals surface area contributed by atoms with Crippen molar-refractivity contribution in [1.82, 2.24) is 9.80 Å². The monoisotopic (exact) mass is 277 g/mol. The minimum Gasteiger partial charge on any atom is -0.453 e. The van der Waals surface area contributed by atoms with Gasteiger partial charge in [0.25, 0.3) is 5.91 Å². The molecule has 0 aromatic heterocycles. The number of hydrogen-bond donors (Lipinski definition) is 1. The second-order valence-corrected chi connectivity index (χ2v) is 4.54. The van der Waals surface area contributed by atoms with Crippen LogP contribution < -0.4 is 5.32 Å². The lowest BCUT2D eigenvalue weighted by Crippen LogP contribution is -2.50. The molecule has 1 aromatic rings. The van der Waals surface area contributed by atoms with E-state index in [1.807, 2.05) is 18.2 Å². The van der Waals surface area contributed by atoms with Gasteiger partial charge < -0.3 is 19.9 Å². The predicted molar refractivity (Wildman–Crippen MR) is 75.9 cm³/mol. The molecule has 0 saturated carbocycles. The summed E-state index contributed by atoms with van der Waals surface area (Å²) in [6.07, 6.45) is -0.340. The maximum atomic E-state index is 12.5.